The van der Waals surface area contributed by atoms with Crippen LogP contribution in [0, 0.1) is 13.8 Å². The lowest BCUT2D eigenvalue weighted by Gasteiger charge is -2.15. The van der Waals surface area contributed by atoms with Gasteiger partial charge in [-0.3, -0.25) is 0 Å². The van der Waals surface area contributed by atoms with E-state index in [4.69, 9.17) is 9.47 Å². The Kier molecular flexibility index (Phi) is 7.55. The molecule has 158 valence electrons. The van der Waals surface area contributed by atoms with Crippen molar-refractivity contribution >= 4 is 53.7 Å². The first kappa shape index (κ1) is 22.5. The second kappa shape index (κ2) is 9.74. The molecule has 0 radical (unpaired) electrons. The number of nitrogens with zero attached hydrogens (tertiary/aromatic N) is 1. The molecule has 0 bridgehead atoms. The summed E-state index contributed by atoms with van der Waals surface area (Å²) in [7, 11) is 3.48. The third-order valence-corrected chi connectivity index (χ3v) is 7.03. The number of benzene rings is 2. The zero-order valence-corrected chi connectivity index (χ0v) is 21.3. The Morgan fingerprint density at radius 3 is 1.66 bits per heavy atom. The van der Waals surface area contributed by atoms with E-state index in [1.165, 1.54) is 71.5 Å². The average Bonchev–Trinajstić information content (AvgIpc) is 2.99. The van der Waals surface area contributed by atoms with Crippen molar-refractivity contribution in [2.24, 2.45) is 0 Å². The Morgan fingerprint density at radius 1 is 0.759 bits per heavy atom. The fourth-order valence-corrected chi connectivity index (χ4v) is 5.87. The Bertz CT molecular complexity index is 950. The van der Waals surface area contributed by atoms with Gasteiger partial charge in [-0.25, -0.2) is 0 Å². The summed E-state index contributed by atoms with van der Waals surface area (Å²) >= 11 is 7.41. The minimum Gasteiger partial charge on any atom is -0.495 e. The van der Waals surface area contributed by atoms with Crippen LogP contribution in [-0.4, -0.2) is 18.8 Å². The van der Waals surface area contributed by atoms with Crippen LogP contribution < -0.4 is 9.47 Å². The molecule has 0 aliphatic carbocycles. The molecule has 0 saturated heterocycles. The number of hydrogen-bond acceptors (Lipinski definition) is 2. The van der Waals surface area contributed by atoms with Crippen LogP contribution in [0.3, 0.4) is 0 Å². The molecule has 0 unspecified atom stereocenters. The summed E-state index contributed by atoms with van der Waals surface area (Å²) in [6, 6.07) is 4.39. The molecule has 1 aromatic heterocycles. The van der Waals surface area contributed by atoms with E-state index in [1.807, 2.05) is 0 Å². The van der Waals surface area contributed by atoms with Crippen molar-refractivity contribution in [1.82, 2.24) is 4.57 Å². The first-order valence-electron chi connectivity index (χ1n) is 10.5. The number of ether oxygens (including phenoxy) is 2. The molecular weight excluding hydrogens is 494 g/mol. The smallest absolute Gasteiger partial charge is 0.138 e. The maximum Gasteiger partial charge on any atom is 0.138 e. The van der Waals surface area contributed by atoms with Gasteiger partial charge >= 0.3 is 0 Å². The molecule has 0 fully saturated rings. The van der Waals surface area contributed by atoms with E-state index in [9.17, 15) is 0 Å². The minimum atomic E-state index is 0.910. The highest BCUT2D eigenvalue weighted by Crippen LogP contribution is 2.44. The molecule has 0 saturated carbocycles. The number of hydrogen-bond donors (Lipinski definition) is 0. The van der Waals surface area contributed by atoms with Crippen molar-refractivity contribution in [2.75, 3.05) is 14.2 Å². The van der Waals surface area contributed by atoms with Gasteiger partial charge in [0.15, 0.2) is 0 Å². The Labute approximate surface area is 191 Å². The van der Waals surface area contributed by atoms with Gasteiger partial charge in [-0.1, -0.05) is 39.0 Å². The summed E-state index contributed by atoms with van der Waals surface area (Å²) in [6.07, 6.45) is 7.72. The van der Waals surface area contributed by atoms with Gasteiger partial charge in [-0.2, -0.15) is 0 Å². The maximum absolute atomic E-state index is 5.71. The second-order valence-electron chi connectivity index (χ2n) is 7.75. The molecule has 3 nitrogen and oxygen atoms in total. The van der Waals surface area contributed by atoms with Crippen LogP contribution in [0.15, 0.2) is 21.1 Å². The van der Waals surface area contributed by atoms with Crippen molar-refractivity contribution < 1.29 is 9.47 Å². The normalized spacial score (nSPS) is 11.6. The highest BCUT2D eigenvalue weighted by atomic mass is 79.9. The molecule has 0 amide bonds. The number of aromatic nitrogens is 1. The van der Waals surface area contributed by atoms with Gasteiger partial charge in [0, 0.05) is 28.4 Å². The number of methoxy groups -OCH3 is 2. The molecule has 0 atom stereocenters. The standard InChI is InChI=1S/C24H31Br2NO2/c1-6-7-8-9-10-11-12-27-21-15(2)23(28-4)19(25)13-17(21)18-14-20(26)24(29-5)16(3)22(18)27/h13-14H,6-12H2,1-5H3. The zero-order valence-electron chi connectivity index (χ0n) is 18.1. The number of fused-ring (bicyclic) bond motifs is 3. The van der Waals surface area contributed by atoms with Crippen LogP contribution in [0.2, 0.25) is 0 Å². The van der Waals surface area contributed by atoms with E-state index in [1.54, 1.807) is 14.2 Å². The molecule has 0 spiro atoms. The van der Waals surface area contributed by atoms with Gasteiger partial charge in [-0.05, 0) is 64.3 Å². The first-order chi connectivity index (χ1) is 14.0. The van der Waals surface area contributed by atoms with Crippen LogP contribution in [0.25, 0.3) is 21.8 Å². The van der Waals surface area contributed by atoms with Gasteiger partial charge < -0.3 is 14.0 Å². The largest absolute Gasteiger partial charge is 0.495 e. The van der Waals surface area contributed by atoms with E-state index in [-0.39, 0.29) is 0 Å². The van der Waals surface area contributed by atoms with Crippen molar-refractivity contribution in [3.05, 3.63) is 32.2 Å². The fraction of sp³-hybridized carbons (Fsp3) is 0.500. The second-order valence-corrected chi connectivity index (χ2v) is 9.45. The lowest BCUT2D eigenvalue weighted by Crippen LogP contribution is -2.02. The topological polar surface area (TPSA) is 23.4 Å². The van der Waals surface area contributed by atoms with Gasteiger partial charge in [0.05, 0.1) is 34.2 Å². The van der Waals surface area contributed by atoms with Crippen molar-refractivity contribution in [1.29, 1.82) is 0 Å². The molecule has 29 heavy (non-hydrogen) atoms. The van der Waals surface area contributed by atoms with Gasteiger partial charge in [0.2, 0.25) is 0 Å². The van der Waals surface area contributed by atoms with E-state index in [2.05, 4.69) is 69.3 Å². The van der Waals surface area contributed by atoms with Crippen molar-refractivity contribution in [2.45, 2.75) is 65.8 Å². The summed E-state index contributed by atoms with van der Waals surface area (Å²) in [5.74, 6) is 1.82. The Hall–Kier alpha value is -1.20. The summed E-state index contributed by atoms with van der Waals surface area (Å²) < 4.78 is 15.9. The maximum atomic E-state index is 5.71. The summed E-state index contributed by atoms with van der Waals surface area (Å²) in [4.78, 5) is 0. The van der Waals surface area contributed by atoms with Crippen LogP contribution >= 0.6 is 31.9 Å². The molecule has 3 aromatic rings. The van der Waals surface area contributed by atoms with Crippen LogP contribution in [-0.2, 0) is 6.54 Å². The number of unbranched alkanes of at least 4 members (excludes halogenated alkanes) is 5. The molecule has 3 rings (SSSR count). The quantitative estimate of drug-likeness (QED) is 0.263. The van der Waals surface area contributed by atoms with E-state index < -0.39 is 0 Å². The predicted molar refractivity (Wildman–Crippen MR) is 131 cm³/mol. The number of halogens is 2. The fourth-order valence-electron chi connectivity index (χ4n) is 4.49. The summed E-state index contributed by atoms with van der Waals surface area (Å²) in [6.45, 7) is 7.58. The Balaban J connectivity index is 2.18. The molecule has 5 heteroatoms. The first-order valence-corrected chi connectivity index (χ1v) is 12.1. The molecule has 2 aromatic carbocycles. The van der Waals surface area contributed by atoms with Crippen LogP contribution in [0.4, 0.5) is 0 Å². The predicted octanol–water partition coefficient (Wildman–Crippen LogP) is 8.31. The van der Waals surface area contributed by atoms with E-state index >= 15 is 0 Å². The van der Waals surface area contributed by atoms with Gasteiger partial charge in [0.1, 0.15) is 11.5 Å². The zero-order chi connectivity index (χ0) is 21.1. The molecule has 0 aliphatic rings. The van der Waals surface area contributed by atoms with Crippen LogP contribution in [0.1, 0.15) is 56.6 Å². The molecule has 1 heterocycles. The van der Waals surface area contributed by atoms with Gasteiger partial charge in [0.25, 0.3) is 0 Å². The summed E-state index contributed by atoms with van der Waals surface area (Å²) in [5.41, 5.74) is 4.87. The van der Waals surface area contributed by atoms with Crippen molar-refractivity contribution in [3.63, 3.8) is 0 Å². The number of rotatable bonds is 9. The highest BCUT2D eigenvalue weighted by molar-refractivity contribution is 9.11. The molecular formula is C24H31Br2NO2. The van der Waals surface area contributed by atoms with E-state index in [0.717, 1.165) is 27.0 Å². The SMILES string of the molecule is CCCCCCCCn1c2c(C)c(OC)c(Br)cc2c2cc(Br)c(OC)c(C)c21. The third-order valence-electron chi connectivity index (χ3n) is 5.85. The monoisotopic (exact) mass is 523 g/mol. The lowest BCUT2D eigenvalue weighted by atomic mass is 10.1. The van der Waals surface area contributed by atoms with Crippen molar-refractivity contribution in [3.8, 4) is 11.5 Å². The Morgan fingerprint density at radius 2 is 1.21 bits per heavy atom. The van der Waals surface area contributed by atoms with E-state index in [0.29, 0.717) is 0 Å². The number of aryl methyl sites for hydroxylation is 3. The highest BCUT2D eigenvalue weighted by Gasteiger charge is 2.21. The molecule has 0 aliphatic heterocycles. The van der Waals surface area contributed by atoms with Crippen LogP contribution in [0.5, 0.6) is 11.5 Å². The average molecular weight is 525 g/mol. The molecule has 0 N–H and O–H groups in total. The van der Waals surface area contributed by atoms with Gasteiger partial charge in [-0.15, -0.1) is 0 Å². The lowest BCUT2D eigenvalue weighted by molar-refractivity contribution is 0.409. The minimum absolute atomic E-state index is 0.910. The third kappa shape index (κ3) is 4.18. The summed E-state index contributed by atoms with van der Waals surface area (Å²) in [5, 5.41) is 2.50.